The molecule has 0 radical (unpaired) electrons. The van der Waals surface area contributed by atoms with Crippen LogP contribution in [0.25, 0.3) is 6.08 Å². The summed E-state index contributed by atoms with van der Waals surface area (Å²) in [6.45, 7) is 3.25. The summed E-state index contributed by atoms with van der Waals surface area (Å²) in [5.74, 6) is -1.21. The molecule has 1 aromatic rings. The molecule has 2 aliphatic rings. The average Bonchev–Trinajstić information content (AvgIpc) is 2.76. The molecule has 0 saturated heterocycles. The van der Waals surface area contributed by atoms with E-state index in [1.54, 1.807) is 11.3 Å². The Hall–Kier alpha value is -0.470. The van der Waals surface area contributed by atoms with E-state index < -0.39 is 15.0 Å². The Balaban J connectivity index is 2.24. The zero-order valence-electron chi connectivity index (χ0n) is 12.0. The summed E-state index contributed by atoms with van der Waals surface area (Å²) in [6, 6.07) is -0.281. The molecule has 1 aliphatic heterocycles. The number of aryl methyl sites for hydroxylation is 1. The van der Waals surface area contributed by atoms with Crippen molar-refractivity contribution >= 4 is 46.0 Å². The number of fused-ring (bicyclic) bond motifs is 3. The predicted octanol–water partition coefficient (Wildman–Crippen LogP) is 1.44. The lowest BCUT2D eigenvalue weighted by atomic mass is 9.81. The van der Waals surface area contributed by atoms with Crippen LogP contribution in [-0.2, 0) is 17.6 Å². The standard InChI is InChI=1S/C15H18INO3S/c1-8-15(16,14(2,20)13(18)19)7-10-9-5-3-4-6-11(9)21-12(10)17-8/h7-8,20H,3-6H2,1-2H3,(H,18,19). The average molecular weight is 419 g/mol. The van der Waals surface area contributed by atoms with E-state index in [0.717, 1.165) is 22.7 Å². The van der Waals surface area contributed by atoms with E-state index in [4.69, 9.17) is 4.99 Å². The third-order valence-electron chi connectivity index (χ3n) is 4.63. The van der Waals surface area contributed by atoms with Crippen LogP contribution < -0.4 is 9.89 Å². The number of aliphatic hydroxyl groups is 1. The van der Waals surface area contributed by atoms with Gasteiger partial charge >= 0.3 is 5.97 Å². The van der Waals surface area contributed by atoms with E-state index in [9.17, 15) is 15.0 Å². The summed E-state index contributed by atoms with van der Waals surface area (Å²) in [6.07, 6.45) is 6.46. The second-order valence-electron chi connectivity index (χ2n) is 6.02. The molecule has 0 aromatic carbocycles. The number of rotatable bonds is 2. The highest BCUT2D eigenvalue weighted by atomic mass is 127. The molecule has 0 bridgehead atoms. The number of carboxylic acids is 1. The number of alkyl halides is 1. The van der Waals surface area contributed by atoms with Crippen molar-refractivity contribution in [1.29, 1.82) is 0 Å². The van der Waals surface area contributed by atoms with Crippen LogP contribution in [0.5, 0.6) is 0 Å². The Morgan fingerprint density at radius 2 is 2.19 bits per heavy atom. The van der Waals surface area contributed by atoms with Crippen LogP contribution in [0.4, 0.5) is 0 Å². The van der Waals surface area contributed by atoms with Gasteiger partial charge in [0.1, 0.15) is 8.09 Å². The normalized spacial score (nSPS) is 30.4. The molecule has 2 N–H and O–H groups in total. The second kappa shape index (κ2) is 5.03. The van der Waals surface area contributed by atoms with Crippen LogP contribution in [0.15, 0.2) is 4.99 Å². The van der Waals surface area contributed by atoms with Crippen molar-refractivity contribution in [3.63, 3.8) is 0 Å². The fourth-order valence-electron chi connectivity index (χ4n) is 3.13. The maximum atomic E-state index is 11.5. The minimum Gasteiger partial charge on any atom is -0.479 e. The van der Waals surface area contributed by atoms with Crippen molar-refractivity contribution in [1.82, 2.24) is 0 Å². The van der Waals surface area contributed by atoms with Crippen molar-refractivity contribution in [3.8, 4) is 0 Å². The van der Waals surface area contributed by atoms with E-state index in [0.29, 0.717) is 0 Å². The SMILES string of the molecule is CC1N=c2sc3c(c2=CC1(I)C(C)(O)C(=O)O)CCCC3. The van der Waals surface area contributed by atoms with Crippen LogP contribution in [-0.4, -0.2) is 31.2 Å². The lowest BCUT2D eigenvalue weighted by Gasteiger charge is -2.39. The lowest BCUT2D eigenvalue weighted by Crippen LogP contribution is -2.60. The second-order valence-corrected chi connectivity index (χ2v) is 8.89. The number of aliphatic carboxylic acids is 1. The van der Waals surface area contributed by atoms with Crippen molar-refractivity contribution in [2.45, 2.75) is 54.6 Å². The number of nitrogens with zero attached hydrogens (tertiary/aromatic N) is 1. The van der Waals surface area contributed by atoms with Gasteiger partial charge in [0.15, 0.2) is 5.60 Å². The molecule has 0 fully saturated rings. The smallest absolute Gasteiger partial charge is 0.337 e. The third-order valence-corrected chi connectivity index (χ3v) is 8.11. The fourth-order valence-corrected chi connectivity index (χ4v) is 5.13. The molecular weight excluding hydrogens is 401 g/mol. The van der Waals surface area contributed by atoms with Gasteiger partial charge < -0.3 is 10.2 Å². The molecule has 2 heterocycles. The first-order chi connectivity index (χ1) is 9.77. The van der Waals surface area contributed by atoms with Gasteiger partial charge in [0, 0.05) is 10.1 Å². The summed E-state index contributed by atoms with van der Waals surface area (Å²) < 4.78 is 0.0680. The number of hydrogen-bond donors (Lipinski definition) is 2. The van der Waals surface area contributed by atoms with Crippen molar-refractivity contribution in [2.75, 3.05) is 0 Å². The Morgan fingerprint density at radius 3 is 2.86 bits per heavy atom. The van der Waals surface area contributed by atoms with Crippen LogP contribution in [0.3, 0.4) is 0 Å². The number of hydrogen-bond acceptors (Lipinski definition) is 4. The number of halogens is 1. The fraction of sp³-hybridized carbons (Fsp3) is 0.600. The largest absolute Gasteiger partial charge is 0.479 e. The highest BCUT2D eigenvalue weighted by Gasteiger charge is 2.54. The quantitative estimate of drug-likeness (QED) is 0.563. The van der Waals surface area contributed by atoms with Crippen LogP contribution in [0.2, 0.25) is 0 Å². The summed E-state index contributed by atoms with van der Waals surface area (Å²) in [5, 5.41) is 21.0. The van der Waals surface area contributed by atoms with Gasteiger partial charge in [-0.1, -0.05) is 28.7 Å². The van der Waals surface area contributed by atoms with Gasteiger partial charge in [-0.15, -0.1) is 11.3 Å². The molecule has 1 aliphatic carbocycles. The monoisotopic (exact) mass is 419 g/mol. The molecule has 114 valence electrons. The first-order valence-electron chi connectivity index (χ1n) is 7.13. The maximum absolute atomic E-state index is 11.5. The van der Waals surface area contributed by atoms with Gasteiger partial charge in [-0.3, -0.25) is 4.99 Å². The van der Waals surface area contributed by atoms with Crippen LogP contribution >= 0.6 is 33.9 Å². The van der Waals surface area contributed by atoms with E-state index in [1.165, 1.54) is 30.2 Å². The predicted molar refractivity (Wildman–Crippen MR) is 90.7 cm³/mol. The van der Waals surface area contributed by atoms with E-state index in [1.807, 2.05) is 13.0 Å². The Kier molecular flexibility index (Phi) is 3.69. The van der Waals surface area contributed by atoms with Gasteiger partial charge in [-0.25, -0.2) is 4.79 Å². The van der Waals surface area contributed by atoms with Gasteiger partial charge in [0.25, 0.3) is 0 Å². The number of thiophene rings is 1. The van der Waals surface area contributed by atoms with E-state index >= 15 is 0 Å². The zero-order chi connectivity index (χ0) is 15.4. The molecule has 3 unspecified atom stereocenters. The van der Waals surface area contributed by atoms with Crippen LogP contribution in [0, 0.1) is 0 Å². The molecule has 0 amide bonds. The summed E-state index contributed by atoms with van der Waals surface area (Å²) in [7, 11) is 0. The van der Waals surface area contributed by atoms with Gasteiger partial charge in [0.05, 0.1) is 6.04 Å². The Morgan fingerprint density at radius 1 is 1.52 bits per heavy atom. The molecule has 0 saturated carbocycles. The van der Waals surface area contributed by atoms with Gasteiger partial charge in [0.2, 0.25) is 0 Å². The van der Waals surface area contributed by atoms with Crippen LogP contribution in [0.1, 0.15) is 37.1 Å². The number of carbonyl (C=O) groups is 1. The highest BCUT2D eigenvalue weighted by molar-refractivity contribution is 14.1. The minimum absolute atomic E-state index is 0.281. The molecule has 3 rings (SSSR count). The lowest BCUT2D eigenvalue weighted by molar-refractivity contribution is -0.158. The minimum atomic E-state index is -1.85. The maximum Gasteiger partial charge on any atom is 0.337 e. The molecule has 0 spiro atoms. The van der Waals surface area contributed by atoms with E-state index in [-0.39, 0.29) is 6.04 Å². The summed E-state index contributed by atoms with van der Waals surface area (Å²) >= 11 is 3.80. The molecule has 6 heteroatoms. The van der Waals surface area contributed by atoms with Gasteiger partial charge in [-0.2, -0.15) is 0 Å². The topological polar surface area (TPSA) is 69.9 Å². The molecule has 21 heavy (non-hydrogen) atoms. The Bertz CT molecular complexity index is 724. The first-order valence-corrected chi connectivity index (χ1v) is 9.03. The summed E-state index contributed by atoms with van der Waals surface area (Å²) in [4.78, 5) is 17.6. The highest BCUT2D eigenvalue weighted by Crippen LogP contribution is 2.40. The Labute approximate surface area is 140 Å². The van der Waals surface area contributed by atoms with E-state index in [2.05, 4.69) is 22.6 Å². The van der Waals surface area contributed by atoms with Gasteiger partial charge in [-0.05, 0) is 45.1 Å². The number of carboxylic acid groups (broad SMARTS) is 1. The molecular formula is C15H18INO3S. The van der Waals surface area contributed by atoms with Crippen molar-refractivity contribution in [2.24, 2.45) is 4.99 Å². The van der Waals surface area contributed by atoms with Crippen molar-refractivity contribution in [3.05, 3.63) is 20.3 Å². The first kappa shape index (κ1) is 15.4. The summed E-state index contributed by atoms with van der Waals surface area (Å²) in [5.41, 5.74) is -0.531. The zero-order valence-corrected chi connectivity index (χ0v) is 15.0. The molecule has 4 nitrogen and oxygen atoms in total. The molecule has 3 atom stereocenters. The van der Waals surface area contributed by atoms with Crippen molar-refractivity contribution < 1.29 is 15.0 Å². The third kappa shape index (κ3) is 2.17. The molecule has 1 aromatic heterocycles.